The number of β-amino-alcohol motifs (C(OH)–C–C–N with tert-alkyl or cyclic N) is 1. The SMILES string of the molecule is C=CC[C@H]1CN(C)C[C@@]1(O)c1ccccc1. The summed E-state index contributed by atoms with van der Waals surface area (Å²) in [6.45, 7) is 5.41. The van der Waals surface area contributed by atoms with Gasteiger partial charge in [-0.15, -0.1) is 6.58 Å². The van der Waals surface area contributed by atoms with Gasteiger partial charge in [-0.25, -0.2) is 0 Å². The van der Waals surface area contributed by atoms with E-state index in [0.717, 1.165) is 18.5 Å². The predicted molar refractivity (Wildman–Crippen MR) is 66.1 cm³/mol. The highest BCUT2D eigenvalue weighted by Crippen LogP contribution is 2.38. The van der Waals surface area contributed by atoms with Crippen LogP contribution in [0.2, 0.25) is 0 Å². The molecule has 1 aromatic carbocycles. The van der Waals surface area contributed by atoms with E-state index in [4.69, 9.17) is 0 Å². The van der Waals surface area contributed by atoms with E-state index in [9.17, 15) is 5.11 Å². The molecule has 1 aliphatic heterocycles. The topological polar surface area (TPSA) is 23.5 Å². The van der Waals surface area contributed by atoms with Crippen LogP contribution in [0, 0.1) is 5.92 Å². The standard InChI is InChI=1S/C14H19NO/c1-3-7-13-10-15(2)11-14(13,16)12-8-5-4-6-9-12/h3-6,8-9,13,16H,1,7,10-11H2,2H3/t13-,14+/m0/s1. The van der Waals surface area contributed by atoms with Crippen LogP contribution < -0.4 is 0 Å². The second-order valence-electron chi connectivity index (χ2n) is 4.71. The van der Waals surface area contributed by atoms with Gasteiger partial charge in [0.25, 0.3) is 0 Å². The molecular formula is C14H19NO. The molecule has 86 valence electrons. The number of benzene rings is 1. The van der Waals surface area contributed by atoms with Crippen molar-refractivity contribution in [2.45, 2.75) is 12.0 Å². The first kappa shape index (κ1) is 11.4. The lowest BCUT2D eigenvalue weighted by atomic mass is 9.82. The fourth-order valence-corrected chi connectivity index (χ4v) is 2.66. The highest BCUT2D eigenvalue weighted by molar-refractivity contribution is 5.25. The van der Waals surface area contributed by atoms with Crippen molar-refractivity contribution in [3.05, 3.63) is 48.6 Å². The summed E-state index contributed by atoms with van der Waals surface area (Å²) >= 11 is 0. The van der Waals surface area contributed by atoms with E-state index in [0.29, 0.717) is 6.54 Å². The van der Waals surface area contributed by atoms with Crippen molar-refractivity contribution in [2.75, 3.05) is 20.1 Å². The number of hydrogen-bond acceptors (Lipinski definition) is 2. The smallest absolute Gasteiger partial charge is 0.107 e. The summed E-state index contributed by atoms with van der Waals surface area (Å²) in [4.78, 5) is 2.18. The van der Waals surface area contributed by atoms with E-state index in [1.807, 2.05) is 36.4 Å². The third-order valence-corrected chi connectivity index (χ3v) is 3.44. The first-order valence-electron chi connectivity index (χ1n) is 5.74. The molecule has 0 amide bonds. The molecule has 1 fully saturated rings. The molecule has 0 spiro atoms. The van der Waals surface area contributed by atoms with Crippen molar-refractivity contribution in [3.63, 3.8) is 0 Å². The van der Waals surface area contributed by atoms with Gasteiger partial charge in [-0.1, -0.05) is 36.4 Å². The van der Waals surface area contributed by atoms with Gasteiger partial charge in [0.2, 0.25) is 0 Å². The van der Waals surface area contributed by atoms with Crippen LogP contribution in [0.25, 0.3) is 0 Å². The molecule has 1 saturated heterocycles. The minimum absolute atomic E-state index is 0.248. The summed E-state index contributed by atoms with van der Waals surface area (Å²) < 4.78 is 0. The maximum absolute atomic E-state index is 10.8. The van der Waals surface area contributed by atoms with Gasteiger partial charge in [-0.05, 0) is 19.0 Å². The fourth-order valence-electron chi connectivity index (χ4n) is 2.66. The van der Waals surface area contributed by atoms with Crippen LogP contribution in [0.5, 0.6) is 0 Å². The van der Waals surface area contributed by atoms with Crippen LogP contribution in [0.4, 0.5) is 0 Å². The maximum atomic E-state index is 10.8. The van der Waals surface area contributed by atoms with Gasteiger partial charge >= 0.3 is 0 Å². The maximum Gasteiger partial charge on any atom is 0.107 e. The van der Waals surface area contributed by atoms with Crippen molar-refractivity contribution < 1.29 is 5.11 Å². The molecule has 2 nitrogen and oxygen atoms in total. The van der Waals surface area contributed by atoms with Gasteiger partial charge in [-0.2, -0.15) is 0 Å². The molecule has 0 unspecified atom stereocenters. The normalized spacial score (nSPS) is 30.5. The number of hydrogen-bond donors (Lipinski definition) is 1. The Bertz CT molecular complexity index is 362. The average Bonchev–Trinajstić information content (AvgIpc) is 2.57. The number of allylic oxidation sites excluding steroid dienone is 1. The number of rotatable bonds is 3. The number of nitrogens with zero attached hydrogens (tertiary/aromatic N) is 1. The summed E-state index contributed by atoms with van der Waals surface area (Å²) in [6, 6.07) is 9.96. The molecular weight excluding hydrogens is 198 g/mol. The third kappa shape index (κ3) is 1.91. The molecule has 1 heterocycles. The minimum atomic E-state index is -0.718. The second-order valence-corrected chi connectivity index (χ2v) is 4.71. The van der Waals surface area contributed by atoms with Crippen molar-refractivity contribution in [1.82, 2.24) is 4.90 Å². The molecule has 0 aliphatic carbocycles. The summed E-state index contributed by atoms with van der Waals surface area (Å²) in [5, 5.41) is 10.8. The van der Waals surface area contributed by atoms with E-state index in [1.54, 1.807) is 0 Å². The Balaban J connectivity index is 2.31. The zero-order valence-corrected chi connectivity index (χ0v) is 9.76. The molecule has 0 radical (unpaired) electrons. The van der Waals surface area contributed by atoms with Gasteiger partial charge in [0.05, 0.1) is 0 Å². The van der Waals surface area contributed by atoms with Gasteiger partial charge in [0, 0.05) is 19.0 Å². The van der Waals surface area contributed by atoms with Gasteiger partial charge < -0.3 is 10.0 Å². The van der Waals surface area contributed by atoms with Gasteiger partial charge in [0.15, 0.2) is 0 Å². The summed E-state index contributed by atoms with van der Waals surface area (Å²) in [5.74, 6) is 0.248. The minimum Gasteiger partial charge on any atom is -0.383 e. The second kappa shape index (κ2) is 4.40. The lowest BCUT2D eigenvalue weighted by Gasteiger charge is -2.29. The van der Waals surface area contributed by atoms with Crippen molar-refractivity contribution >= 4 is 0 Å². The predicted octanol–water partition coefficient (Wildman–Crippen LogP) is 2.01. The molecule has 0 bridgehead atoms. The fraction of sp³-hybridized carbons (Fsp3) is 0.429. The monoisotopic (exact) mass is 217 g/mol. The Morgan fingerprint density at radius 3 is 2.81 bits per heavy atom. The van der Waals surface area contributed by atoms with E-state index in [2.05, 4.69) is 18.5 Å². The van der Waals surface area contributed by atoms with Crippen LogP contribution >= 0.6 is 0 Å². The quantitative estimate of drug-likeness (QED) is 0.783. The van der Waals surface area contributed by atoms with E-state index in [-0.39, 0.29) is 5.92 Å². The summed E-state index contributed by atoms with van der Waals surface area (Å²) in [5.41, 5.74) is 0.302. The van der Waals surface area contributed by atoms with Gasteiger partial charge in [0.1, 0.15) is 5.60 Å². The number of likely N-dealkylation sites (tertiary alicyclic amines) is 1. The number of aliphatic hydroxyl groups is 1. The Kier molecular flexibility index (Phi) is 3.13. The van der Waals surface area contributed by atoms with Gasteiger partial charge in [-0.3, -0.25) is 0 Å². The molecule has 16 heavy (non-hydrogen) atoms. The highest BCUT2D eigenvalue weighted by atomic mass is 16.3. The molecule has 2 atom stereocenters. The zero-order chi connectivity index (χ0) is 11.6. The van der Waals surface area contributed by atoms with Crippen LogP contribution in [-0.2, 0) is 5.60 Å². The Labute approximate surface area is 97.2 Å². The van der Waals surface area contributed by atoms with Crippen LogP contribution in [0.1, 0.15) is 12.0 Å². The van der Waals surface area contributed by atoms with Crippen LogP contribution in [-0.4, -0.2) is 30.1 Å². The van der Waals surface area contributed by atoms with E-state index >= 15 is 0 Å². The largest absolute Gasteiger partial charge is 0.383 e. The van der Waals surface area contributed by atoms with Crippen molar-refractivity contribution in [2.24, 2.45) is 5.92 Å². The molecule has 1 aliphatic rings. The third-order valence-electron chi connectivity index (χ3n) is 3.44. The van der Waals surface area contributed by atoms with Crippen LogP contribution in [0.15, 0.2) is 43.0 Å². The number of likely N-dealkylation sites (N-methyl/N-ethyl adjacent to an activating group) is 1. The first-order valence-corrected chi connectivity index (χ1v) is 5.74. The molecule has 2 heteroatoms. The van der Waals surface area contributed by atoms with E-state index < -0.39 is 5.60 Å². The lowest BCUT2D eigenvalue weighted by molar-refractivity contribution is 0.00935. The highest BCUT2D eigenvalue weighted by Gasteiger charge is 2.44. The Hall–Kier alpha value is -1.12. The molecule has 0 saturated carbocycles. The van der Waals surface area contributed by atoms with E-state index in [1.165, 1.54) is 0 Å². The summed E-state index contributed by atoms with van der Waals surface area (Å²) in [7, 11) is 2.05. The van der Waals surface area contributed by atoms with Crippen LogP contribution in [0.3, 0.4) is 0 Å². The average molecular weight is 217 g/mol. The molecule has 2 rings (SSSR count). The first-order chi connectivity index (χ1) is 7.66. The van der Waals surface area contributed by atoms with Crippen molar-refractivity contribution in [3.8, 4) is 0 Å². The molecule has 1 aromatic rings. The Morgan fingerprint density at radius 1 is 1.50 bits per heavy atom. The molecule has 0 aromatic heterocycles. The van der Waals surface area contributed by atoms with Crippen molar-refractivity contribution in [1.29, 1.82) is 0 Å². The zero-order valence-electron chi connectivity index (χ0n) is 9.76. The summed E-state index contributed by atoms with van der Waals surface area (Å²) in [6.07, 6.45) is 2.76. The lowest BCUT2D eigenvalue weighted by Crippen LogP contribution is -2.34. The Morgan fingerprint density at radius 2 is 2.19 bits per heavy atom. The molecule has 1 N–H and O–H groups in total.